The molecule has 0 fully saturated rings. The molecule has 12 nitrogen and oxygen atoms in total. The number of carbonyl (C=O) groups excluding carboxylic acids is 2. The van der Waals surface area contributed by atoms with Gasteiger partial charge in [0.25, 0.3) is 0 Å². The van der Waals surface area contributed by atoms with Gasteiger partial charge in [-0.3, -0.25) is 9.59 Å². The standard InChI is InChI=1S/C28H20N4O8/c1-37-11-3-5-17(33)13(7-11)19-15(9-29)27(31)39-25-21(19)23(35)26-22(24(25)36)20(16(10-30)28(32)40-26)14-8-12(38-2)4-6-18(14)34/h3-8,19-20,33-34H,31-32H2,1-2H3. The average Bonchev–Trinajstić information content (AvgIpc) is 2.95. The molecular weight excluding hydrogens is 520 g/mol. The van der Waals surface area contributed by atoms with Gasteiger partial charge >= 0.3 is 0 Å². The number of hydrogen-bond acceptors (Lipinski definition) is 12. The average molecular weight is 540 g/mol. The maximum absolute atomic E-state index is 14.1. The van der Waals surface area contributed by atoms with Gasteiger partial charge in [0.1, 0.15) is 46.3 Å². The second-order valence-electron chi connectivity index (χ2n) is 8.84. The van der Waals surface area contributed by atoms with E-state index in [4.69, 9.17) is 30.4 Å². The first-order valence-corrected chi connectivity index (χ1v) is 11.6. The Morgan fingerprint density at radius 3 is 1.45 bits per heavy atom. The zero-order chi connectivity index (χ0) is 28.9. The Hall–Kier alpha value is -5.88. The van der Waals surface area contributed by atoms with E-state index in [-0.39, 0.29) is 44.9 Å². The molecule has 2 aromatic carbocycles. The number of nitrogens with zero attached hydrogens (tertiary/aromatic N) is 2. The number of carbonyl (C=O) groups is 2. The molecule has 2 atom stereocenters. The molecule has 0 bridgehead atoms. The van der Waals surface area contributed by atoms with Crippen LogP contribution in [-0.2, 0) is 19.1 Å². The second-order valence-corrected chi connectivity index (χ2v) is 8.84. The second kappa shape index (κ2) is 9.45. The Morgan fingerprint density at radius 1 is 0.750 bits per heavy atom. The molecule has 2 aromatic rings. The lowest BCUT2D eigenvalue weighted by atomic mass is 9.72. The first kappa shape index (κ1) is 25.8. The number of benzene rings is 2. The smallest absolute Gasteiger partial charge is 0.229 e. The van der Waals surface area contributed by atoms with Crippen molar-refractivity contribution in [2.24, 2.45) is 11.5 Å². The molecule has 0 saturated carbocycles. The summed E-state index contributed by atoms with van der Waals surface area (Å²) < 4.78 is 21.6. The summed E-state index contributed by atoms with van der Waals surface area (Å²) >= 11 is 0. The quantitative estimate of drug-likeness (QED) is 0.411. The first-order chi connectivity index (χ1) is 19.2. The monoisotopic (exact) mass is 540 g/mol. The van der Waals surface area contributed by atoms with Crippen molar-refractivity contribution in [3.8, 4) is 35.1 Å². The van der Waals surface area contributed by atoms with E-state index in [1.54, 1.807) is 0 Å². The molecule has 3 aliphatic rings. The SMILES string of the molecule is COc1ccc(O)c(C2C(C#N)=C(N)OC3=C2C(=O)C2=C(C3=O)C(c3cc(OC)ccc3O)C(C#N)=C(N)O2)c1. The molecule has 12 heteroatoms. The van der Waals surface area contributed by atoms with Crippen LogP contribution in [0, 0.1) is 22.7 Å². The van der Waals surface area contributed by atoms with Crippen molar-refractivity contribution >= 4 is 11.6 Å². The van der Waals surface area contributed by atoms with Gasteiger partial charge in [-0.1, -0.05) is 0 Å². The van der Waals surface area contributed by atoms with Crippen molar-refractivity contribution in [2.75, 3.05) is 14.2 Å². The highest BCUT2D eigenvalue weighted by Gasteiger charge is 2.51. The predicted octanol–water partition coefficient (Wildman–Crippen LogP) is 2.09. The van der Waals surface area contributed by atoms with Crippen LogP contribution < -0.4 is 20.9 Å². The molecule has 40 heavy (non-hydrogen) atoms. The predicted molar refractivity (Wildman–Crippen MR) is 135 cm³/mol. The van der Waals surface area contributed by atoms with Crippen molar-refractivity contribution in [3.63, 3.8) is 0 Å². The van der Waals surface area contributed by atoms with Crippen LogP contribution in [0.2, 0.25) is 0 Å². The Balaban J connectivity index is 1.76. The summed E-state index contributed by atoms with van der Waals surface area (Å²) in [5.74, 6) is -6.51. The highest BCUT2D eigenvalue weighted by atomic mass is 16.5. The Morgan fingerprint density at radius 2 is 1.12 bits per heavy atom. The molecular formula is C28H20N4O8. The Bertz CT molecular complexity index is 1610. The number of nitrogens with two attached hydrogens (primary N) is 2. The number of rotatable bonds is 4. The van der Waals surface area contributed by atoms with E-state index in [2.05, 4.69) is 0 Å². The van der Waals surface area contributed by atoms with Crippen molar-refractivity contribution in [2.45, 2.75) is 11.8 Å². The molecule has 0 radical (unpaired) electrons. The van der Waals surface area contributed by atoms with Gasteiger partial charge in [-0.15, -0.1) is 0 Å². The minimum Gasteiger partial charge on any atom is -0.508 e. The molecule has 2 unspecified atom stereocenters. The van der Waals surface area contributed by atoms with E-state index < -0.39 is 46.7 Å². The van der Waals surface area contributed by atoms with Crippen LogP contribution in [0.15, 0.2) is 82.0 Å². The third-order valence-electron chi connectivity index (χ3n) is 6.83. The molecule has 0 spiro atoms. The van der Waals surface area contributed by atoms with Crippen LogP contribution in [0.4, 0.5) is 0 Å². The third kappa shape index (κ3) is 3.67. The zero-order valence-electron chi connectivity index (χ0n) is 21.0. The lowest BCUT2D eigenvalue weighted by molar-refractivity contribution is -0.121. The van der Waals surface area contributed by atoms with Gasteiger partial charge < -0.3 is 40.6 Å². The van der Waals surface area contributed by atoms with E-state index in [1.807, 2.05) is 12.1 Å². The lowest BCUT2D eigenvalue weighted by Gasteiger charge is -2.35. The van der Waals surface area contributed by atoms with Crippen molar-refractivity contribution in [3.05, 3.63) is 93.1 Å². The number of hydrogen-bond donors (Lipinski definition) is 4. The van der Waals surface area contributed by atoms with Gasteiger partial charge in [-0.2, -0.15) is 10.5 Å². The maximum Gasteiger partial charge on any atom is 0.229 e. The normalized spacial score (nSPS) is 20.2. The number of Topliss-reactive ketones (excluding diaryl/α,β-unsaturated/α-hetero) is 2. The van der Waals surface area contributed by atoms with Crippen LogP contribution in [-0.4, -0.2) is 36.0 Å². The van der Waals surface area contributed by atoms with Crippen LogP contribution in [0.1, 0.15) is 23.0 Å². The molecule has 200 valence electrons. The third-order valence-corrected chi connectivity index (χ3v) is 6.83. The summed E-state index contributed by atoms with van der Waals surface area (Å²) in [5.41, 5.74) is 11.0. The van der Waals surface area contributed by atoms with E-state index >= 15 is 0 Å². The molecule has 0 saturated heterocycles. The van der Waals surface area contributed by atoms with Gasteiger partial charge in [-0.05, 0) is 36.4 Å². The van der Waals surface area contributed by atoms with Crippen molar-refractivity contribution in [1.82, 2.24) is 0 Å². The zero-order valence-corrected chi connectivity index (χ0v) is 21.0. The highest BCUT2D eigenvalue weighted by Crippen LogP contribution is 2.52. The van der Waals surface area contributed by atoms with Crippen LogP contribution >= 0.6 is 0 Å². The number of aromatic hydroxyl groups is 2. The fourth-order valence-electron chi connectivity index (χ4n) is 4.97. The molecule has 0 amide bonds. The number of methoxy groups -OCH3 is 2. The summed E-state index contributed by atoms with van der Waals surface area (Å²) in [5, 5.41) is 41.2. The molecule has 2 aliphatic heterocycles. The molecule has 6 N–H and O–H groups in total. The summed E-state index contributed by atoms with van der Waals surface area (Å²) in [4.78, 5) is 28.2. The maximum atomic E-state index is 14.1. The molecule has 5 rings (SSSR count). The number of phenols is 2. The summed E-state index contributed by atoms with van der Waals surface area (Å²) in [7, 11) is 2.77. The summed E-state index contributed by atoms with van der Waals surface area (Å²) in [6, 6.07) is 12.1. The van der Waals surface area contributed by atoms with Crippen LogP contribution in [0.3, 0.4) is 0 Å². The minimum atomic E-state index is -1.34. The van der Waals surface area contributed by atoms with Crippen LogP contribution in [0.5, 0.6) is 23.0 Å². The van der Waals surface area contributed by atoms with E-state index in [9.17, 15) is 30.3 Å². The number of phenolic OH excluding ortho intramolecular Hbond substituents is 2. The number of ketones is 2. The fraction of sp³-hybridized carbons (Fsp3) is 0.143. The number of ether oxygens (including phenoxy) is 4. The van der Waals surface area contributed by atoms with Crippen molar-refractivity contribution < 1.29 is 38.7 Å². The molecule has 0 aromatic heterocycles. The van der Waals surface area contributed by atoms with Gasteiger partial charge in [0.05, 0.1) is 37.2 Å². The molecule has 1 aliphatic carbocycles. The molecule has 2 heterocycles. The highest BCUT2D eigenvalue weighted by molar-refractivity contribution is 6.26. The van der Waals surface area contributed by atoms with E-state index in [1.165, 1.54) is 50.6 Å². The number of nitriles is 2. The lowest BCUT2D eigenvalue weighted by Crippen LogP contribution is -2.38. The van der Waals surface area contributed by atoms with E-state index in [0.717, 1.165) is 0 Å². The first-order valence-electron chi connectivity index (χ1n) is 11.6. The topological polar surface area (TPSA) is 211 Å². The van der Waals surface area contributed by atoms with Crippen molar-refractivity contribution in [1.29, 1.82) is 10.5 Å². The largest absolute Gasteiger partial charge is 0.508 e. The van der Waals surface area contributed by atoms with E-state index in [0.29, 0.717) is 11.5 Å². The summed E-state index contributed by atoms with van der Waals surface area (Å²) in [6.07, 6.45) is 0. The van der Waals surface area contributed by atoms with Crippen LogP contribution in [0.25, 0.3) is 0 Å². The minimum absolute atomic E-state index is 0.0406. The van der Waals surface area contributed by atoms with Gasteiger partial charge in [0, 0.05) is 11.1 Å². The fourth-order valence-corrected chi connectivity index (χ4v) is 4.97. The summed E-state index contributed by atoms with van der Waals surface area (Å²) in [6.45, 7) is 0. The number of allylic oxidation sites excluding steroid dienone is 4. The van der Waals surface area contributed by atoms with Gasteiger partial charge in [-0.25, -0.2) is 0 Å². The Kier molecular flexibility index (Phi) is 6.09. The van der Waals surface area contributed by atoms with Gasteiger partial charge in [0.2, 0.25) is 23.3 Å². The Labute approximate surface area is 226 Å². The van der Waals surface area contributed by atoms with Gasteiger partial charge in [0.15, 0.2) is 11.5 Å².